The second-order valence-electron chi connectivity index (χ2n) is 4.41. The Bertz CT molecular complexity index is 286. The summed E-state index contributed by atoms with van der Waals surface area (Å²) in [4.78, 5) is 4.37. The van der Waals surface area contributed by atoms with Crippen molar-refractivity contribution in [3.8, 4) is 0 Å². The topological polar surface area (TPSA) is 29.9 Å². The minimum absolute atomic E-state index is 0.514. The normalized spacial score (nSPS) is 17.4. The number of rotatable bonds is 4. The summed E-state index contributed by atoms with van der Waals surface area (Å²) in [5.41, 5.74) is 1.16. The van der Waals surface area contributed by atoms with Crippen molar-refractivity contribution in [3.63, 3.8) is 0 Å². The van der Waals surface area contributed by atoms with Gasteiger partial charge in [-0.2, -0.15) is 0 Å². The molecule has 1 aliphatic rings. The maximum Gasteiger partial charge on any atom is 0.0952 e. The van der Waals surface area contributed by atoms with Crippen molar-refractivity contribution in [1.82, 2.24) is 14.9 Å². The van der Waals surface area contributed by atoms with Crippen LogP contribution < -0.4 is 5.32 Å². The Kier molecular flexibility index (Phi) is 2.87. The maximum absolute atomic E-state index is 4.37. The zero-order valence-corrected chi connectivity index (χ0v) is 9.03. The van der Waals surface area contributed by atoms with Crippen LogP contribution in [0.25, 0.3) is 0 Å². The van der Waals surface area contributed by atoms with Crippen molar-refractivity contribution in [1.29, 1.82) is 0 Å². The average molecular weight is 193 g/mol. The first-order chi connectivity index (χ1) is 6.75. The third-order valence-electron chi connectivity index (χ3n) is 2.93. The first kappa shape index (κ1) is 9.71. The number of hydrogen-bond acceptors (Lipinski definition) is 2. The highest BCUT2D eigenvalue weighted by molar-refractivity contribution is 4.98. The third kappa shape index (κ3) is 2.15. The van der Waals surface area contributed by atoms with Gasteiger partial charge in [-0.15, -0.1) is 0 Å². The van der Waals surface area contributed by atoms with E-state index in [1.807, 2.05) is 6.33 Å². The van der Waals surface area contributed by atoms with Crippen molar-refractivity contribution in [3.05, 3.63) is 18.2 Å². The number of nitrogens with one attached hydrogen (secondary N) is 1. The Hall–Kier alpha value is -0.830. The van der Waals surface area contributed by atoms with Gasteiger partial charge in [-0.3, -0.25) is 0 Å². The second-order valence-corrected chi connectivity index (χ2v) is 4.41. The molecule has 1 aromatic rings. The molecule has 0 amide bonds. The molecule has 0 saturated heterocycles. The molecule has 14 heavy (non-hydrogen) atoms. The molecule has 1 fully saturated rings. The molecule has 0 atom stereocenters. The molecular formula is C11H19N3. The summed E-state index contributed by atoms with van der Waals surface area (Å²) < 4.78 is 2.15. The van der Waals surface area contributed by atoms with Gasteiger partial charge in [-0.25, -0.2) is 4.98 Å². The van der Waals surface area contributed by atoms with E-state index in [2.05, 4.69) is 34.9 Å². The van der Waals surface area contributed by atoms with E-state index in [4.69, 9.17) is 0 Å². The zero-order valence-electron chi connectivity index (χ0n) is 9.03. The van der Waals surface area contributed by atoms with E-state index in [9.17, 15) is 0 Å². The van der Waals surface area contributed by atoms with Crippen LogP contribution in [0.2, 0.25) is 0 Å². The van der Waals surface area contributed by atoms with Crippen LogP contribution in [-0.2, 0) is 6.54 Å². The van der Waals surface area contributed by atoms with Crippen LogP contribution >= 0.6 is 0 Å². The summed E-state index contributed by atoms with van der Waals surface area (Å²) in [6.45, 7) is 5.26. The van der Waals surface area contributed by atoms with Gasteiger partial charge >= 0.3 is 0 Å². The molecule has 78 valence electrons. The van der Waals surface area contributed by atoms with Crippen molar-refractivity contribution >= 4 is 0 Å². The van der Waals surface area contributed by atoms with Crippen LogP contribution in [0.1, 0.15) is 44.8 Å². The smallest absolute Gasteiger partial charge is 0.0952 e. The lowest BCUT2D eigenvalue weighted by Crippen LogP contribution is -2.34. The number of imidazole rings is 1. The maximum atomic E-state index is 4.37. The first-order valence-electron chi connectivity index (χ1n) is 5.51. The molecule has 1 heterocycles. The van der Waals surface area contributed by atoms with Gasteiger partial charge < -0.3 is 9.88 Å². The molecule has 0 bridgehead atoms. The molecular weight excluding hydrogens is 174 g/mol. The minimum Gasteiger partial charge on any atom is -0.335 e. The fourth-order valence-corrected chi connectivity index (χ4v) is 1.61. The van der Waals surface area contributed by atoms with Crippen molar-refractivity contribution in [2.45, 2.75) is 51.7 Å². The van der Waals surface area contributed by atoms with Crippen LogP contribution in [0.5, 0.6) is 0 Å². The van der Waals surface area contributed by atoms with Crippen LogP contribution in [0.3, 0.4) is 0 Å². The molecule has 3 heteroatoms. The summed E-state index contributed by atoms with van der Waals surface area (Å²) >= 11 is 0. The standard InChI is InChI=1S/C11H19N3/c1-9(2)14-7-11(13-8-14)6-12-10-4-3-5-10/h7-10,12H,3-6H2,1-2H3. The zero-order chi connectivity index (χ0) is 9.97. The number of nitrogens with zero attached hydrogens (tertiary/aromatic N) is 2. The van der Waals surface area contributed by atoms with Crippen LogP contribution in [-0.4, -0.2) is 15.6 Å². The van der Waals surface area contributed by atoms with E-state index in [-0.39, 0.29) is 0 Å². The average Bonchev–Trinajstić information content (AvgIpc) is 2.50. The molecule has 0 spiro atoms. The summed E-state index contributed by atoms with van der Waals surface area (Å²) in [6, 6.07) is 1.26. The molecule has 1 aromatic heterocycles. The minimum atomic E-state index is 0.514. The highest BCUT2D eigenvalue weighted by Crippen LogP contribution is 2.18. The van der Waals surface area contributed by atoms with Crippen molar-refractivity contribution in [2.24, 2.45) is 0 Å². The molecule has 0 unspecified atom stereocenters. The van der Waals surface area contributed by atoms with Crippen molar-refractivity contribution in [2.75, 3.05) is 0 Å². The van der Waals surface area contributed by atoms with Gasteiger partial charge in [0.05, 0.1) is 12.0 Å². The first-order valence-corrected chi connectivity index (χ1v) is 5.51. The molecule has 1 saturated carbocycles. The lowest BCUT2D eigenvalue weighted by molar-refractivity contribution is 0.337. The van der Waals surface area contributed by atoms with Gasteiger partial charge in [0.1, 0.15) is 0 Å². The second kappa shape index (κ2) is 4.13. The van der Waals surface area contributed by atoms with Gasteiger partial charge in [-0.05, 0) is 26.7 Å². The molecule has 0 radical (unpaired) electrons. The lowest BCUT2D eigenvalue weighted by atomic mass is 9.93. The Morgan fingerprint density at radius 1 is 1.57 bits per heavy atom. The monoisotopic (exact) mass is 193 g/mol. The number of hydrogen-bond donors (Lipinski definition) is 1. The van der Waals surface area contributed by atoms with E-state index in [1.165, 1.54) is 19.3 Å². The highest BCUT2D eigenvalue weighted by Gasteiger charge is 2.16. The fourth-order valence-electron chi connectivity index (χ4n) is 1.61. The SMILES string of the molecule is CC(C)n1cnc(CNC2CCC2)c1. The van der Waals surface area contributed by atoms with E-state index in [1.54, 1.807) is 0 Å². The van der Waals surface area contributed by atoms with E-state index in [0.29, 0.717) is 6.04 Å². The molecule has 0 aromatic carbocycles. The highest BCUT2D eigenvalue weighted by atomic mass is 15.1. The molecule has 1 aliphatic carbocycles. The van der Waals surface area contributed by atoms with Gasteiger partial charge in [0, 0.05) is 24.8 Å². The quantitative estimate of drug-likeness (QED) is 0.793. The van der Waals surface area contributed by atoms with Crippen molar-refractivity contribution < 1.29 is 0 Å². The fraction of sp³-hybridized carbons (Fsp3) is 0.727. The summed E-state index contributed by atoms with van der Waals surface area (Å²) in [5.74, 6) is 0. The van der Waals surface area contributed by atoms with Crippen LogP contribution in [0, 0.1) is 0 Å². The molecule has 0 aliphatic heterocycles. The molecule has 1 N–H and O–H groups in total. The van der Waals surface area contributed by atoms with E-state index in [0.717, 1.165) is 18.3 Å². The predicted molar refractivity (Wildman–Crippen MR) is 57.1 cm³/mol. The summed E-state index contributed by atoms with van der Waals surface area (Å²) in [5, 5.41) is 3.51. The summed E-state index contributed by atoms with van der Waals surface area (Å²) in [6.07, 6.45) is 8.12. The Labute approximate surface area is 85.5 Å². The summed E-state index contributed by atoms with van der Waals surface area (Å²) in [7, 11) is 0. The largest absolute Gasteiger partial charge is 0.335 e. The van der Waals surface area contributed by atoms with E-state index >= 15 is 0 Å². The third-order valence-corrected chi connectivity index (χ3v) is 2.93. The van der Waals surface area contributed by atoms with Gasteiger partial charge in [0.15, 0.2) is 0 Å². The Morgan fingerprint density at radius 3 is 2.86 bits per heavy atom. The Balaban J connectivity index is 1.83. The molecule has 3 nitrogen and oxygen atoms in total. The van der Waals surface area contributed by atoms with E-state index < -0.39 is 0 Å². The lowest BCUT2D eigenvalue weighted by Gasteiger charge is -2.26. The van der Waals surface area contributed by atoms with Gasteiger partial charge in [0.2, 0.25) is 0 Å². The van der Waals surface area contributed by atoms with Gasteiger partial charge in [0.25, 0.3) is 0 Å². The van der Waals surface area contributed by atoms with Crippen LogP contribution in [0.15, 0.2) is 12.5 Å². The molecule has 2 rings (SSSR count). The Morgan fingerprint density at radius 2 is 2.36 bits per heavy atom. The van der Waals surface area contributed by atoms with Crippen LogP contribution in [0.4, 0.5) is 0 Å². The van der Waals surface area contributed by atoms with Gasteiger partial charge in [-0.1, -0.05) is 6.42 Å². The number of aromatic nitrogens is 2. The predicted octanol–water partition coefficient (Wildman–Crippen LogP) is 2.11.